The van der Waals surface area contributed by atoms with Crippen LogP contribution in [0, 0.1) is 5.92 Å². The van der Waals surface area contributed by atoms with E-state index in [-0.39, 0.29) is 18.6 Å². The highest BCUT2D eigenvalue weighted by Gasteiger charge is 2.23. The van der Waals surface area contributed by atoms with Crippen LogP contribution < -0.4 is 20.1 Å². The number of ether oxygens (including phenoxy) is 2. The SMILES string of the molecule is COc1ccc(CN2CCC(Nc3c(Cl)c(-c4ccc(OCC(=O)NCCC5CCCCC5)cc4)nc4nc[nH]c34)CC2)cc1. The molecule has 3 N–H and O–H groups in total. The average Bonchev–Trinajstić information content (AvgIpc) is 3.56. The number of carbonyl (C=O) groups is 1. The molecule has 1 saturated carbocycles. The molecule has 10 heteroatoms. The van der Waals surface area contributed by atoms with Gasteiger partial charge in [0.05, 0.1) is 29.8 Å². The number of rotatable bonds is 12. The molecular formula is C35H43ClN6O3. The summed E-state index contributed by atoms with van der Waals surface area (Å²) in [6.45, 7) is 3.61. The summed E-state index contributed by atoms with van der Waals surface area (Å²) in [4.78, 5) is 27.2. The van der Waals surface area contributed by atoms with Gasteiger partial charge >= 0.3 is 0 Å². The Morgan fingerprint density at radius 2 is 1.73 bits per heavy atom. The number of fused-ring (bicyclic) bond motifs is 1. The number of pyridine rings is 1. The van der Waals surface area contributed by atoms with Gasteiger partial charge in [0, 0.05) is 37.8 Å². The Kier molecular flexibility index (Phi) is 10.4. The molecule has 1 amide bonds. The number of hydrogen-bond acceptors (Lipinski definition) is 7. The molecule has 1 aliphatic carbocycles. The highest BCUT2D eigenvalue weighted by atomic mass is 35.5. The van der Waals surface area contributed by atoms with E-state index < -0.39 is 0 Å². The Morgan fingerprint density at radius 3 is 2.47 bits per heavy atom. The van der Waals surface area contributed by atoms with E-state index in [1.54, 1.807) is 13.4 Å². The number of hydrogen-bond donors (Lipinski definition) is 3. The number of nitrogens with one attached hydrogen (secondary N) is 3. The summed E-state index contributed by atoms with van der Waals surface area (Å²) in [6.07, 6.45) is 11.3. The van der Waals surface area contributed by atoms with Crippen LogP contribution in [0.2, 0.25) is 5.02 Å². The second-order valence-electron chi connectivity index (χ2n) is 12.2. The summed E-state index contributed by atoms with van der Waals surface area (Å²) >= 11 is 7.03. The molecule has 4 aromatic rings. The number of piperidine rings is 1. The maximum absolute atomic E-state index is 12.3. The largest absolute Gasteiger partial charge is 0.497 e. The van der Waals surface area contributed by atoms with Gasteiger partial charge in [-0.1, -0.05) is 55.8 Å². The quantitative estimate of drug-likeness (QED) is 0.158. The summed E-state index contributed by atoms with van der Waals surface area (Å²) in [5.74, 6) is 2.15. The summed E-state index contributed by atoms with van der Waals surface area (Å²) in [5.41, 5.74) is 5.04. The smallest absolute Gasteiger partial charge is 0.257 e. The van der Waals surface area contributed by atoms with E-state index in [2.05, 4.69) is 37.6 Å². The zero-order chi connectivity index (χ0) is 31.0. The number of anilines is 1. The van der Waals surface area contributed by atoms with Crippen LogP contribution in [0.25, 0.3) is 22.4 Å². The molecule has 0 spiro atoms. The van der Waals surface area contributed by atoms with Crippen LogP contribution in [-0.2, 0) is 11.3 Å². The third-order valence-corrected chi connectivity index (χ3v) is 9.48. The lowest BCUT2D eigenvalue weighted by molar-refractivity contribution is -0.123. The van der Waals surface area contributed by atoms with Crippen molar-refractivity contribution in [2.45, 2.75) is 64.0 Å². The summed E-state index contributed by atoms with van der Waals surface area (Å²) in [6, 6.07) is 16.1. The lowest BCUT2D eigenvalue weighted by Crippen LogP contribution is -2.38. The van der Waals surface area contributed by atoms with Gasteiger partial charge in [-0.25, -0.2) is 9.97 Å². The van der Waals surface area contributed by atoms with Crippen molar-refractivity contribution < 1.29 is 14.3 Å². The number of aromatic amines is 1. The Labute approximate surface area is 270 Å². The van der Waals surface area contributed by atoms with Crippen molar-refractivity contribution in [3.05, 3.63) is 65.4 Å². The molecule has 0 radical (unpaired) electrons. The molecule has 0 atom stereocenters. The second-order valence-corrected chi connectivity index (χ2v) is 12.6. The van der Waals surface area contributed by atoms with Gasteiger partial charge in [-0.05, 0) is 67.1 Å². The molecule has 238 valence electrons. The third-order valence-electron chi connectivity index (χ3n) is 9.11. The van der Waals surface area contributed by atoms with Crippen LogP contribution in [0.1, 0.15) is 56.9 Å². The van der Waals surface area contributed by atoms with Crippen molar-refractivity contribution in [2.24, 2.45) is 5.92 Å². The van der Waals surface area contributed by atoms with E-state index in [1.807, 2.05) is 36.4 Å². The van der Waals surface area contributed by atoms with Crippen molar-refractivity contribution in [1.29, 1.82) is 0 Å². The van der Waals surface area contributed by atoms with Crippen molar-refractivity contribution in [1.82, 2.24) is 25.2 Å². The van der Waals surface area contributed by atoms with E-state index in [0.717, 1.165) is 67.3 Å². The van der Waals surface area contributed by atoms with Gasteiger partial charge in [-0.2, -0.15) is 0 Å². The number of halogens is 1. The molecule has 3 heterocycles. The zero-order valence-electron chi connectivity index (χ0n) is 26.0. The Hall–Kier alpha value is -3.82. The summed E-state index contributed by atoms with van der Waals surface area (Å²) < 4.78 is 11.1. The fraction of sp³-hybridized carbons (Fsp3) is 0.457. The van der Waals surface area contributed by atoms with Gasteiger partial charge < -0.3 is 25.1 Å². The fourth-order valence-corrected chi connectivity index (χ4v) is 6.80. The van der Waals surface area contributed by atoms with E-state index >= 15 is 0 Å². The minimum Gasteiger partial charge on any atom is -0.497 e. The van der Waals surface area contributed by atoms with E-state index in [9.17, 15) is 4.79 Å². The number of imidazole rings is 1. The maximum atomic E-state index is 12.3. The summed E-state index contributed by atoms with van der Waals surface area (Å²) in [7, 11) is 1.69. The highest BCUT2D eigenvalue weighted by molar-refractivity contribution is 6.37. The first-order chi connectivity index (χ1) is 22.1. The third kappa shape index (κ3) is 8.07. The van der Waals surface area contributed by atoms with Crippen molar-refractivity contribution in [3.63, 3.8) is 0 Å². The number of carbonyl (C=O) groups excluding carboxylic acids is 1. The predicted octanol–water partition coefficient (Wildman–Crippen LogP) is 6.83. The molecule has 1 saturated heterocycles. The molecule has 2 aromatic heterocycles. The van der Waals surface area contributed by atoms with Crippen molar-refractivity contribution >= 4 is 34.4 Å². The lowest BCUT2D eigenvalue weighted by atomic mass is 9.87. The Morgan fingerprint density at radius 1 is 1.00 bits per heavy atom. The van der Waals surface area contributed by atoms with Crippen LogP contribution in [0.5, 0.6) is 11.5 Å². The Bertz CT molecular complexity index is 1540. The number of methoxy groups -OCH3 is 1. The predicted molar refractivity (Wildman–Crippen MR) is 179 cm³/mol. The first-order valence-corrected chi connectivity index (χ1v) is 16.6. The number of amides is 1. The van der Waals surface area contributed by atoms with Crippen LogP contribution in [0.3, 0.4) is 0 Å². The van der Waals surface area contributed by atoms with E-state index in [1.165, 1.54) is 37.7 Å². The van der Waals surface area contributed by atoms with Gasteiger partial charge in [0.15, 0.2) is 12.3 Å². The van der Waals surface area contributed by atoms with Crippen molar-refractivity contribution in [3.8, 4) is 22.8 Å². The standard InChI is InChI=1S/C35H43ClN6O3/c1-44-28-11-7-25(8-12-28)21-42-19-16-27(17-20-42)40-33-31(36)32(41-35-34(33)38-23-39-35)26-9-13-29(14-10-26)45-22-30(43)37-18-15-24-5-3-2-4-6-24/h7-14,23-24,27H,2-6,15-22H2,1H3,(H,37,43)(H2,38,39,40,41). The van der Waals surface area contributed by atoms with Gasteiger partial charge in [-0.3, -0.25) is 9.69 Å². The summed E-state index contributed by atoms with van der Waals surface area (Å²) in [5, 5.41) is 7.27. The van der Waals surface area contributed by atoms with Crippen LogP contribution >= 0.6 is 11.6 Å². The number of aromatic nitrogens is 3. The van der Waals surface area contributed by atoms with Crippen LogP contribution in [-0.4, -0.2) is 65.2 Å². The Balaban J connectivity index is 1.04. The maximum Gasteiger partial charge on any atom is 0.257 e. The number of H-pyrrole nitrogens is 1. The van der Waals surface area contributed by atoms with E-state index in [0.29, 0.717) is 28.7 Å². The fourth-order valence-electron chi connectivity index (χ4n) is 6.49. The minimum absolute atomic E-state index is 0.00473. The zero-order valence-corrected chi connectivity index (χ0v) is 26.7. The molecule has 1 aliphatic heterocycles. The van der Waals surface area contributed by atoms with Gasteiger partial charge in [0.2, 0.25) is 0 Å². The average molecular weight is 631 g/mol. The van der Waals surface area contributed by atoms with Gasteiger partial charge in [0.1, 0.15) is 17.0 Å². The molecule has 0 bridgehead atoms. The normalized spacial score (nSPS) is 16.5. The molecule has 45 heavy (non-hydrogen) atoms. The first kappa shape index (κ1) is 31.2. The molecule has 9 nitrogen and oxygen atoms in total. The topological polar surface area (TPSA) is 104 Å². The molecular weight excluding hydrogens is 588 g/mol. The molecule has 2 fully saturated rings. The lowest BCUT2D eigenvalue weighted by Gasteiger charge is -2.33. The van der Waals surface area contributed by atoms with E-state index in [4.69, 9.17) is 26.1 Å². The van der Waals surface area contributed by atoms with Crippen LogP contribution in [0.4, 0.5) is 5.69 Å². The van der Waals surface area contributed by atoms with Gasteiger partial charge in [-0.15, -0.1) is 0 Å². The number of likely N-dealkylation sites (tertiary alicyclic amines) is 1. The monoisotopic (exact) mass is 630 g/mol. The highest BCUT2D eigenvalue weighted by Crippen LogP contribution is 2.38. The van der Waals surface area contributed by atoms with Crippen molar-refractivity contribution in [2.75, 3.05) is 38.7 Å². The minimum atomic E-state index is -0.0918. The molecule has 2 aliphatic rings. The van der Waals surface area contributed by atoms with Gasteiger partial charge in [0.25, 0.3) is 5.91 Å². The number of nitrogens with zero attached hydrogens (tertiary/aromatic N) is 3. The van der Waals surface area contributed by atoms with Crippen LogP contribution in [0.15, 0.2) is 54.9 Å². The number of benzene rings is 2. The first-order valence-electron chi connectivity index (χ1n) is 16.2. The molecule has 2 aromatic carbocycles. The molecule has 6 rings (SSSR count). The molecule has 0 unspecified atom stereocenters. The second kappa shape index (κ2) is 15.0.